The van der Waals surface area contributed by atoms with Gasteiger partial charge in [-0.05, 0) is 49.4 Å². The van der Waals surface area contributed by atoms with Crippen LogP contribution in [0.1, 0.15) is 35.8 Å². The zero-order valence-electron chi connectivity index (χ0n) is 11.9. The number of nitrogens with one attached hydrogen (secondary N) is 1. The average molecular weight is 274 g/mol. The summed E-state index contributed by atoms with van der Waals surface area (Å²) in [4.78, 5) is 17.6. The molecule has 0 unspecified atom stereocenters. The summed E-state index contributed by atoms with van der Waals surface area (Å²) in [7, 11) is 0. The second-order valence-corrected chi connectivity index (χ2v) is 5.79. The SMILES string of the molecule is Cc1c(C(=O)N2CCC(C)CC2)[nH]c2ccc(F)cc12. The van der Waals surface area contributed by atoms with Crippen molar-refractivity contribution >= 4 is 16.8 Å². The highest BCUT2D eigenvalue weighted by atomic mass is 19.1. The van der Waals surface area contributed by atoms with Crippen LogP contribution in [0.5, 0.6) is 0 Å². The van der Waals surface area contributed by atoms with Gasteiger partial charge >= 0.3 is 0 Å². The third-order valence-electron chi connectivity index (χ3n) is 4.31. The normalized spacial score (nSPS) is 16.9. The Hall–Kier alpha value is -1.84. The number of amides is 1. The first kappa shape index (κ1) is 13.2. The fraction of sp³-hybridized carbons (Fsp3) is 0.438. The molecule has 1 aromatic heterocycles. The first-order chi connectivity index (χ1) is 9.56. The summed E-state index contributed by atoms with van der Waals surface area (Å²) >= 11 is 0. The molecule has 0 spiro atoms. The average Bonchev–Trinajstić information content (AvgIpc) is 2.76. The van der Waals surface area contributed by atoms with E-state index in [-0.39, 0.29) is 11.7 Å². The van der Waals surface area contributed by atoms with E-state index in [0.29, 0.717) is 11.6 Å². The molecule has 3 nitrogen and oxygen atoms in total. The molecule has 1 saturated heterocycles. The van der Waals surface area contributed by atoms with Gasteiger partial charge < -0.3 is 9.88 Å². The molecular formula is C16H19FN2O. The summed E-state index contributed by atoms with van der Waals surface area (Å²) in [6, 6.07) is 4.58. The number of aromatic amines is 1. The molecule has 2 heterocycles. The largest absolute Gasteiger partial charge is 0.350 e. The van der Waals surface area contributed by atoms with Gasteiger partial charge in [0.05, 0.1) is 0 Å². The van der Waals surface area contributed by atoms with Crippen LogP contribution in [-0.2, 0) is 0 Å². The molecule has 0 saturated carbocycles. The van der Waals surface area contributed by atoms with Crippen molar-refractivity contribution in [1.29, 1.82) is 0 Å². The summed E-state index contributed by atoms with van der Waals surface area (Å²) < 4.78 is 13.3. The van der Waals surface area contributed by atoms with E-state index in [1.807, 2.05) is 11.8 Å². The van der Waals surface area contributed by atoms with E-state index in [9.17, 15) is 9.18 Å². The molecule has 1 aliphatic rings. The summed E-state index contributed by atoms with van der Waals surface area (Å²) in [5.74, 6) is 0.452. The van der Waals surface area contributed by atoms with Crippen LogP contribution in [0.25, 0.3) is 10.9 Å². The van der Waals surface area contributed by atoms with Crippen molar-refractivity contribution in [2.45, 2.75) is 26.7 Å². The number of carbonyl (C=O) groups is 1. The van der Waals surface area contributed by atoms with Gasteiger partial charge in [0, 0.05) is 24.0 Å². The van der Waals surface area contributed by atoms with Crippen LogP contribution in [0.4, 0.5) is 4.39 Å². The number of likely N-dealkylation sites (tertiary alicyclic amines) is 1. The lowest BCUT2D eigenvalue weighted by Crippen LogP contribution is -2.38. The van der Waals surface area contributed by atoms with Gasteiger partial charge in [-0.15, -0.1) is 0 Å². The predicted molar refractivity (Wildman–Crippen MR) is 77.3 cm³/mol. The minimum Gasteiger partial charge on any atom is -0.350 e. The molecule has 4 heteroatoms. The van der Waals surface area contributed by atoms with Crippen LogP contribution in [-0.4, -0.2) is 28.9 Å². The van der Waals surface area contributed by atoms with E-state index in [0.717, 1.165) is 42.4 Å². The maximum absolute atomic E-state index is 13.3. The molecule has 1 N–H and O–H groups in total. The third-order valence-corrected chi connectivity index (χ3v) is 4.31. The van der Waals surface area contributed by atoms with Gasteiger partial charge in [0.2, 0.25) is 0 Å². The van der Waals surface area contributed by atoms with E-state index in [1.54, 1.807) is 6.07 Å². The molecule has 1 fully saturated rings. The molecule has 0 atom stereocenters. The predicted octanol–water partition coefficient (Wildman–Crippen LogP) is 3.49. The molecule has 106 valence electrons. The highest BCUT2D eigenvalue weighted by molar-refractivity contribution is 6.00. The Bertz CT molecular complexity index is 654. The number of halogens is 1. The van der Waals surface area contributed by atoms with Crippen LogP contribution in [0.2, 0.25) is 0 Å². The van der Waals surface area contributed by atoms with Crippen molar-refractivity contribution in [3.05, 3.63) is 35.3 Å². The molecule has 0 radical (unpaired) electrons. The molecule has 20 heavy (non-hydrogen) atoms. The smallest absolute Gasteiger partial charge is 0.270 e. The van der Waals surface area contributed by atoms with Crippen LogP contribution in [0, 0.1) is 18.7 Å². The van der Waals surface area contributed by atoms with Crippen molar-refractivity contribution < 1.29 is 9.18 Å². The van der Waals surface area contributed by atoms with Gasteiger partial charge in [-0.3, -0.25) is 4.79 Å². The van der Waals surface area contributed by atoms with Crippen LogP contribution < -0.4 is 0 Å². The van der Waals surface area contributed by atoms with Crippen LogP contribution in [0.3, 0.4) is 0 Å². The van der Waals surface area contributed by atoms with E-state index < -0.39 is 0 Å². The van der Waals surface area contributed by atoms with Crippen molar-refractivity contribution in [3.63, 3.8) is 0 Å². The minimum absolute atomic E-state index is 0.0333. The van der Waals surface area contributed by atoms with E-state index in [1.165, 1.54) is 12.1 Å². The molecule has 2 aromatic rings. The molecular weight excluding hydrogens is 255 g/mol. The summed E-state index contributed by atoms with van der Waals surface area (Å²) in [5.41, 5.74) is 2.25. The van der Waals surface area contributed by atoms with Gasteiger partial charge in [-0.1, -0.05) is 6.92 Å². The number of aryl methyl sites for hydroxylation is 1. The number of carbonyl (C=O) groups excluding carboxylic acids is 1. The monoisotopic (exact) mass is 274 g/mol. The summed E-state index contributed by atoms with van der Waals surface area (Å²) in [6.07, 6.45) is 2.11. The molecule has 1 aliphatic heterocycles. The van der Waals surface area contributed by atoms with Crippen LogP contribution in [0.15, 0.2) is 18.2 Å². The molecule has 1 aromatic carbocycles. The second-order valence-electron chi connectivity index (χ2n) is 5.79. The zero-order valence-corrected chi connectivity index (χ0v) is 11.9. The number of hydrogen-bond acceptors (Lipinski definition) is 1. The third kappa shape index (κ3) is 2.19. The minimum atomic E-state index is -0.273. The fourth-order valence-corrected chi connectivity index (χ4v) is 2.88. The Morgan fingerprint density at radius 3 is 2.75 bits per heavy atom. The van der Waals surface area contributed by atoms with Gasteiger partial charge in [-0.25, -0.2) is 4.39 Å². The number of piperidine rings is 1. The first-order valence-corrected chi connectivity index (χ1v) is 7.13. The summed E-state index contributed by atoms with van der Waals surface area (Å²) in [5, 5.41) is 0.790. The number of hydrogen-bond donors (Lipinski definition) is 1. The van der Waals surface area contributed by atoms with E-state index in [4.69, 9.17) is 0 Å². The lowest BCUT2D eigenvalue weighted by molar-refractivity contribution is 0.0691. The van der Waals surface area contributed by atoms with E-state index >= 15 is 0 Å². The molecule has 1 amide bonds. The topological polar surface area (TPSA) is 36.1 Å². The number of benzene rings is 1. The van der Waals surface area contributed by atoms with E-state index in [2.05, 4.69) is 11.9 Å². The van der Waals surface area contributed by atoms with Crippen molar-refractivity contribution in [1.82, 2.24) is 9.88 Å². The highest BCUT2D eigenvalue weighted by Crippen LogP contribution is 2.25. The highest BCUT2D eigenvalue weighted by Gasteiger charge is 2.24. The number of nitrogens with zero attached hydrogens (tertiary/aromatic N) is 1. The van der Waals surface area contributed by atoms with Gasteiger partial charge in [0.15, 0.2) is 0 Å². The Kier molecular flexibility index (Phi) is 3.24. The van der Waals surface area contributed by atoms with Crippen molar-refractivity contribution in [2.24, 2.45) is 5.92 Å². The number of aromatic nitrogens is 1. The number of H-pyrrole nitrogens is 1. The number of rotatable bonds is 1. The summed E-state index contributed by atoms with van der Waals surface area (Å²) in [6.45, 7) is 5.71. The van der Waals surface area contributed by atoms with Gasteiger partial charge in [-0.2, -0.15) is 0 Å². The zero-order chi connectivity index (χ0) is 14.3. The molecule has 3 rings (SSSR count). The number of fused-ring (bicyclic) bond motifs is 1. The Labute approximate surface area is 117 Å². The quantitative estimate of drug-likeness (QED) is 0.849. The molecule has 0 bridgehead atoms. The first-order valence-electron chi connectivity index (χ1n) is 7.13. The lowest BCUT2D eigenvalue weighted by Gasteiger charge is -2.30. The lowest BCUT2D eigenvalue weighted by atomic mass is 9.99. The van der Waals surface area contributed by atoms with Gasteiger partial charge in [0.1, 0.15) is 11.5 Å². The molecule has 0 aliphatic carbocycles. The van der Waals surface area contributed by atoms with Gasteiger partial charge in [0.25, 0.3) is 5.91 Å². The van der Waals surface area contributed by atoms with Crippen LogP contribution >= 0.6 is 0 Å². The Morgan fingerprint density at radius 1 is 1.35 bits per heavy atom. The second kappa shape index (κ2) is 4.93. The maximum Gasteiger partial charge on any atom is 0.270 e. The van der Waals surface area contributed by atoms with Crippen molar-refractivity contribution in [3.8, 4) is 0 Å². The van der Waals surface area contributed by atoms with Crippen molar-refractivity contribution in [2.75, 3.05) is 13.1 Å². The standard InChI is InChI=1S/C16H19FN2O/c1-10-5-7-19(8-6-10)16(20)15-11(2)13-9-12(17)3-4-14(13)18-15/h3-4,9-10,18H,5-8H2,1-2H3. The fourth-order valence-electron chi connectivity index (χ4n) is 2.88. The Balaban J connectivity index is 1.93. The Morgan fingerprint density at radius 2 is 2.05 bits per heavy atom. The maximum atomic E-state index is 13.3.